The Morgan fingerprint density at radius 1 is 1.10 bits per heavy atom. The Hall–Kier alpha value is -2.30. The lowest BCUT2D eigenvalue weighted by atomic mass is 10.2. The van der Waals surface area contributed by atoms with Crippen molar-refractivity contribution < 1.29 is 9.47 Å². The van der Waals surface area contributed by atoms with Gasteiger partial charge in [-0.05, 0) is 38.0 Å². The van der Waals surface area contributed by atoms with Crippen molar-refractivity contribution in [2.75, 3.05) is 19.0 Å². The fraction of sp³-hybridized carbons (Fsp3) is 0.375. The summed E-state index contributed by atoms with van der Waals surface area (Å²) in [5.41, 5.74) is 1.97. The lowest BCUT2D eigenvalue weighted by Gasteiger charge is -2.12. The molecule has 2 aromatic rings. The fourth-order valence-corrected chi connectivity index (χ4v) is 1.88. The molecule has 0 aliphatic heterocycles. The first kappa shape index (κ1) is 15.1. The van der Waals surface area contributed by atoms with Crippen molar-refractivity contribution in [2.24, 2.45) is 0 Å². The van der Waals surface area contributed by atoms with Gasteiger partial charge in [0, 0.05) is 18.3 Å². The van der Waals surface area contributed by atoms with Crippen molar-refractivity contribution in [3.8, 4) is 17.4 Å². The third-order valence-corrected chi connectivity index (χ3v) is 2.90. The average Bonchev–Trinajstić information content (AvgIpc) is 2.46. The van der Waals surface area contributed by atoms with Gasteiger partial charge in [-0.25, -0.2) is 4.98 Å². The van der Waals surface area contributed by atoms with E-state index in [4.69, 9.17) is 9.47 Å². The zero-order chi connectivity index (χ0) is 15.2. The van der Waals surface area contributed by atoms with Gasteiger partial charge in [0.25, 0.3) is 0 Å². The van der Waals surface area contributed by atoms with Crippen molar-refractivity contribution in [1.29, 1.82) is 0 Å². The lowest BCUT2D eigenvalue weighted by Crippen LogP contribution is -2.06. The maximum absolute atomic E-state index is 5.84. The van der Waals surface area contributed by atoms with Crippen LogP contribution in [-0.4, -0.2) is 23.6 Å². The predicted molar refractivity (Wildman–Crippen MR) is 83.4 cm³/mol. The minimum absolute atomic E-state index is 0.503. The van der Waals surface area contributed by atoms with Crippen molar-refractivity contribution in [3.05, 3.63) is 35.5 Å². The number of anilines is 1. The van der Waals surface area contributed by atoms with E-state index in [0.29, 0.717) is 23.3 Å². The molecule has 0 amide bonds. The normalized spacial score (nSPS) is 10.3. The van der Waals surface area contributed by atoms with Gasteiger partial charge in [-0.3, -0.25) is 0 Å². The van der Waals surface area contributed by atoms with E-state index in [9.17, 15) is 0 Å². The molecule has 0 spiro atoms. The smallest absolute Gasteiger partial charge is 0.226 e. The van der Waals surface area contributed by atoms with Crippen molar-refractivity contribution in [2.45, 2.75) is 27.2 Å². The van der Waals surface area contributed by atoms with Crippen LogP contribution >= 0.6 is 0 Å². The monoisotopic (exact) mass is 287 g/mol. The SMILES string of the molecule is CCCNc1nc(C)cc(Oc2ccc(C)cc2OC)n1. The molecule has 0 saturated carbocycles. The molecule has 112 valence electrons. The summed E-state index contributed by atoms with van der Waals surface area (Å²) in [5, 5.41) is 3.17. The first-order chi connectivity index (χ1) is 10.1. The molecule has 0 bridgehead atoms. The maximum Gasteiger partial charge on any atom is 0.226 e. The van der Waals surface area contributed by atoms with Gasteiger partial charge in [0.1, 0.15) is 0 Å². The summed E-state index contributed by atoms with van der Waals surface area (Å²) < 4.78 is 11.2. The van der Waals surface area contributed by atoms with Crippen LogP contribution in [-0.2, 0) is 0 Å². The molecule has 5 nitrogen and oxygen atoms in total. The highest BCUT2D eigenvalue weighted by Gasteiger charge is 2.09. The summed E-state index contributed by atoms with van der Waals surface area (Å²) in [5.74, 6) is 2.41. The highest BCUT2D eigenvalue weighted by atomic mass is 16.5. The Morgan fingerprint density at radius 3 is 2.62 bits per heavy atom. The van der Waals surface area contributed by atoms with Crippen LogP contribution in [0.25, 0.3) is 0 Å². The fourth-order valence-electron chi connectivity index (χ4n) is 1.88. The molecule has 1 aromatic heterocycles. The van der Waals surface area contributed by atoms with Crippen LogP contribution in [0.5, 0.6) is 17.4 Å². The molecule has 0 atom stereocenters. The largest absolute Gasteiger partial charge is 0.493 e. The second-order valence-corrected chi connectivity index (χ2v) is 4.85. The second-order valence-electron chi connectivity index (χ2n) is 4.85. The van der Waals surface area contributed by atoms with E-state index < -0.39 is 0 Å². The zero-order valence-corrected chi connectivity index (χ0v) is 12.9. The number of methoxy groups -OCH3 is 1. The number of ether oxygens (including phenoxy) is 2. The first-order valence-corrected chi connectivity index (χ1v) is 7.04. The molecule has 21 heavy (non-hydrogen) atoms. The Bertz CT molecular complexity index is 614. The Labute approximate surface area is 125 Å². The lowest BCUT2D eigenvalue weighted by molar-refractivity contribution is 0.373. The van der Waals surface area contributed by atoms with Gasteiger partial charge in [-0.15, -0.1) is 0 Å². The molecule has 0 unspecified atom stereocenters. The summed E-state index contributed by atoms with van der Waals surface area (Å²) in [4.78, 5) is 8.70. The standard InChI is InChI=1S/C16H21N3O2/c1-5-8-17-16-18-12(3)10-15(19-16)21-13-7-6-11(2)9-14(13)20-4/h6-7,9-10H,5,8H2,1-4H3,(H,17,18,19). The van der Waals surface area contributed by atoms with Gasteiger partial charge in [-0.2, -0.15) is 4.98 Å². The van der Waals surface area contributed by atoms with Gasteiger partial charge >= 0.3 is 0 Å². The number of hydrogen-bond acceptors (Lipinski definition) is 5. The van der Waals surface area contributed by atoms with E-state index in [1.807, 2.05) is 32.0 Å². The van der Waals surface area contributed by atoms with E-state index in [-0.39, 0.29) is 0 Å². The molecule has 0 fully saturated rings. The number of aromatic nitrogens is 2. The molecule has 0 aliphatic rings. The van der Waals surface area contributed by atoms with Crippen LogP contribution in [0.1, 0.15) is 24.6 Å². The average molecular weight is 287 g/mol. The third-order valence-electron chi connectivity index (χ3n) is 2.90. The molecule has 1 N–H and O–H groups in total. The number of nitrogens with one attached hydrogen (secondary N) is 1. The predicted octanol–water partition coefficient (Wildman–Crippen LogP) is 3.72. The van der Waals surface area contributed by atoms with Gasteiger partial charge in [0.05, 0.1) is 7.11 Å². The molecule has 1 aromatic carbocycles. The number of benzene rings is 1. The number of hydrogen-bond donors (Lipinski definition) is 1. The molecule has 2 rings (SSSR count). The van der Waals surface area contributed by atoms with E-state index >= 15 is 0 Å². The number of rotatable bonds is 6. The van der Waals surface area contributed by atoms with Gasteiger partial charge in [-0.1, -0.05) is 13.0 Å². The molecular weight excluding hydrogens is 266 g/mol. The highest BCUT2D eigenvalue weighted by Crippen LogP contribution is 2.31. The van der Waals surface area contributed by atoms with Crippen molar-refractivity contribution >= 4 is 5.95 Å². The molecular formula is C16H21N3O2. The molecule has 0 saturated heterocycles. The molecule has 0 aliphatic carbocycles. The number of aryl methyl sites for hydroxylation is 2. The first-order valence-electron chi connectivity index (χ1n) is 7.04. The third kappa shape index (κ3) is 4.08. The van der Waals surface area contributed by atoms with Crippen LogP contribution in [0.15, 0.2) is 24.3 Å². The van der Waals surface area contributed by atoms with Crippen LogP contribution in [0.2, 0.25) is 0 Å². The Kier molecular flexibility index (Phi) is 4.98. The summed E-state index contributed by atoms with van der Waals surface area (Å²) >= 11 is 0. The number of nitrogens with zero attached hydrogens (tertiary/aromatic N) is 2. The quantitative estimate of drug-likeness (QED) is 0.877. The van der Waals surface area contributed by atoms with Crippen LogP contribution in [0.3, 0.4) is 0 Å². The van der Waals surface area contributed by atoms with Gasteiger partial charge < -0.3 is 14.8 Å². The van der Waals surface area contributed by atoms with Gasteiger partial charge in [0.15, 0.2) is 11.5 Å². The van der Waals surface area contributed by atoms with E-state index in [2.05, 4.69) is 22.2 Å². The van der Waals surface area contributed by atoms with E-state index in [1.165, 1.54) is 0 Å². The minimum atomic E-state index is 0.503. The Morgan fingerprint density at radius 2 is 1.90 bits per heavy atom. The van der Waals surface area contributed by atoms with Gasteiger partial charge in [0.2, 0.25) is 11.8 Å². The minimum Gasteiger partial charge on any atom is -0.493 e. The topological polar surface area (TPSA) is 56.3 Å². The van der Waals surface area contributed by atoms with Crippen molar-refractivity contribution in [1.82, 2.24) is 9.97 Å². The highest BCUT2D eigenvalue weighted by molar-refractivity contribution is 5.45. The van der Waals surface area contributed by atoms with Crippen LogP contribution in [0, 0.1) is 13.8 Å². The molecule has 0 radical (unpaired) electrons. The summed E-state index contributed by atoms with van der Waals surface area (Å²) in [6.07, 6.45) is 1.01. The summed E-state index contributed by atoms with van der Waals surface area (Å²) in [6, 6.07) is 7.59. The second kappa shape index (κ2) is 6.92. The van der Waals surface area contributed by atoms with Crippen LogP contribution < -0.4 is 14.8 Å². The van der Waals surface area contributed by atoms with Crippen molar-refractivity contribution in [3.63, 3.8) is 0 Å². The summed E-state index contributed by atoms with van der Waals surface area (Å²) in [7, 11) is 1.63. The van der Waals surface area contributed by atoms with Crippen LogP contribution in [0.4, 0.5) is 5.95 Å². The molecule has 5 heteroatoms. The maximum atomic E-state index is 5.84. The Balaban J connectivity index is 2.24. The van der Waals surface area contributed by atoms with E-state index in [0.717, 1.165) is 24.2 Å². The molecule has 1 heterocycles. The summed E-state index contributed by atoms with van der Waals surface area (Å²) in [6.45, 7) is 6.85. The zero-order valence-electron chi connectivity index (χ0n) is 12.9. The van der Waals surface area contributed by atoms with E-state index in [1.54, 1.807) is 13.2 Å².